The summed E-state index contributed by atoms with van der Waals surface area (Å²) in [5.74, 6) is 0. The highest BCUT2D eigenvalue weighted by molar-refractivity contribution is 6.14. The SMILES string of the molecule is C1=CCCC(c2ccccc2-c2c3c(c(-c4ccccc4)c4cc5ccccc5cc24)=c2ccc4c5c(ccc=3c25)=c2c(-c3ccccc3-c3ccccc3)c3ccccc3c(-c3ccccc3)c2=4)=C1. The standard InChI is InChI=1S/C70H44/c1-5-21-43(22-6-1)49-31-15-17-33-51(49)63-54-36-20-19-35-53(54)61(45-25-9-3-10-26-45)67-55-37-38-56-66-58(40-39-57(65(55)66)69(63)67)70-64(52-34-18-16-32-50(52)44-23-7-2-8-24-44)60-42-48-30-14-13-29-47(48)41-59(60)62(68(56)70)46-27-11-4-12-28-46/h1-7,9-23,25-42H,8,24H2. The summed E-state index contributed by atoms with van der Waals surface area (Å²) in [6, 6.07) is 84.5. The third-order valence-corrected chi connectivity index (χ3v) is 15.6. The van der Waals surface area contributed by atoms with Crippen LogP contribution in [-0.2, 0) is 0 Å². The molecule has 0 unspecified atom stereocenters. The number of benzene rings is 12. The highest BCUT2D eigenvalue weighted by Crippen LogP contribution is 2.48. The molecule has 12 aromatic carbocycles. The maximum Gasteiger partial charge on any atom is -0.000718 e. The Morgan fingerprint density at radius 1 is 0.286 bits per heavy atom. The van der Waals surface area contributed by atoms with E-state index >= 15 is 0 Å². The Balaban J connectivity index is 1.23. The van der Waals surface area contributed by atoms with Crippen LogP contribution < -0.4 is 0 Å². The molecule has 0 atom stereocenters. The van der Waals surface area contributed by atoms with Crippen LogP contribution in [0.25, 0.3) is 104 Å². The van der Waals surface area contributed by atoms with E-state index in [1.807, 2.05) is 0 Å². The third-order valence-electron chi connectivity index (χ3n) is 15.6. The van der Waals surface area contributed by atoms with Crippen molar-refractivity contribution in [1.29, 1.82) is 0 Å². The molecular weight excluding hydrogens is 841 g/mol. The van der Waals surface area contributed by atoms with Crippen LogP contribution in [-0.4, -0.2) is 0 Å². The molecule has 0 heterocycles. The Kier molecular flexibility index (Phi) is 8.59. The van der Waals surface area contributed by atoms with E-state index < -0.39 is 0 Å². The molecule has 0 aliphatic heterocycles. The lowest BCUT2D eigenvalue weighted by molar-refractivity contribution is 1.05. The van der Waals surface area contributed by atoms with Crippen LogP contribution in [0.2, 0.25) is 0 Å². The zero-order valence-corrected chi connectivity index (χ0v) is 38.5. The van der Waals surface area contributed by atoms with Gasteiger partial charge in [-0.1, -0.05) is 231 Å². The van der Waals surface area contributed by atoms with E-state index in [1.54, 1.807) is 0 Å². The van der Waals surface area contributed by atoms with Crippen LogP contribution in [0, 0.1) is 41.7 Å². The monoisotopic (exact) mass is 884 g/mol. The van der Waals surface area contributed by atoms with E-state index in [9.17, 15) is 0 Å². The first kappa shape index (κ1) is 39.2. The second kappa shape index (κ2) is 15.3. The maximum absolute atomic E-state index is 2.49. The predicted molar refractivity (Wildman–Crippen MR) is 294 cm³/mol. The smallest absolute Gasteiger partial charge is 0.000718 e. The molecule has 0 saturated carbocycles. The summed E-state index contributed by atoms with van der Waals surface area (Å²) >= 11 is 0. The van der Waals surface area contributed by atoms with Crippen LogP contribution in [0.15, 0.2) is 243 Å². The van der Waals surface area contributed by atoms with Gasteiger partial charge in [-0.25, -0.2) is 0 Å². The fourth-order valence-corrected chi connectivity index (χ4v) is 12.8. The van der Waals surface area contributed by atoms with Gasteiger partial charge in [-0.3, -0.25) is 0 Å². The first-order valence-electron chi connectivity index (χ1n) is 24.7. The molecule has 0 aromatic heterocycles. The average Bonchev–Trinajstić information content (AvgIpc) is 3.95. The van der Waals surface area contributed by atoms with Gasteiger partial charge < -0.3 is 0 Å². The van der Waals surface area contributed by atoms with Crippen molar-refractivity contribution in [2.75, 3.05) is 0 Å². The minimum absolute atomic E-state index is 1.02. The Bertz CT molecular complexity index is 4720. The van der Waals surface area contributed by atoms with Gasteiger partial charge in [0.2, 0.25) is 0 Å². The lowest BCUT2D eigenvalue weighted by Gasteiger charge is -2.20. The Morgan fingerprint density at radius 2 is 0.671 bits per heavy atom. The molecule has 0 fully saturated rings. The molecule has 12 aromatic rings. The van der Waals surface area contributed by atoms with Crippen molar-refractivity contribution < 1.29 is 0 Å². The second-order valence-electron chi connectivity index (χ2n) is 19.2. The summed E-state index contributed by atoms with van der Waals surface area (Å²) in [6.45, 7) is 0. The molecule has 0 spiro atoms. The molecule has 0 bridgehead atoms. The van der Waals surface area contributed by atoms with Crippen molar-refractivity contribution in [2.24, 2.45) is 0 Å². The number of rotatable bonds is 6. The zero-order valence-electron chi connectivity index (χ0n) is 38.5. The van der Waals surface area contributed by atoms with E-state index in [-0.39, 0.29) is 0 Å². The van der Waals surface area contributed by atoms with E-state index in [0.29, 0.717) is 0 Å². The lowest BCUT2D eigenvalue weighted by Crippen LogP contribution is -1.97. The van der Waals surface area contributed by atoms with Crippen LogP contribution in [0.3, 0.4) is 0 Å². The van der Waals surface area contributed by atoms with Crippen molar-refractivity contribution in [2.45, 2.75) is 12.8 Å². The van der Waals surface area contributed by atoms with Crippen LogP contribution in [0.1, 0.15) is 18.4 Å². The van der Waals surface area contributed by atoms with Gasteiger partial charge in [-0.15, -0.1) is 0 Å². The number of allylic oxidation sites excluding steroid dienone is 4. The van der Waals surface area contributed by atoms with Crippen molar-refractivity contribution >= 4 is 48.7 Å². The molecule has 0 radical (unpaired) electrons. The van der Waals surface area contributed by atoms with Crippen molar-refractivity contribution in [3.05, 3.63) is 290 Å². The lowest BCUT2D eigenvalue weighted by atomic mass is 9.83. The molecular formula is C70H44. The van der Waals surface area contributed by atoms with Crippen molar-refractivity contribution in [3.8, 4) is 55.6 Å². The molecule has 0 N–H and O–H groups in total. The molecule has 3 aliphatic rings. The third kappa shape index (κ3) is 5.59. The molecule has 324 valence electrons. The summed E-state index contributed by atoms with van der Waals surface area (Å²) < 4.78 is 0. The minimum atomic E-state index is 1.02. The fraction of sp³-hybridized carbons (Fsp3) is 0.0286. The van der Waals surface area contributed by atoms with Crippen molar-refractivity contribution in [3.63, 3.8) is 0 Å². The van der Waals surface area contributed by atoms with Crippen LogP contribution in [0.5, 0.6) is 0 Å². The van der Waals surface area contributed by atoms with Crippen molar-refractivity contribution in [1.82, 2.24) is 0 Å². The quantitative estimate of drug-likeness (QED) is 0.146. The van der Waals surface area contributed by atoms with E-state index in [4.69, 9.17) is 0 Å². The molecule has 70 heavy (non-hydrogen) atoms. The summed E-state index contributed by atoms with van der Waals surface area (Å²) in [6.07, 6.45) is 8.95. The number of fused-ring (bicyclic) bond motifs is 5. The Morgan fingerprint density at radius 3 is 1.20 bits per heavy atom. The highest BCUT2D eigenvalue weighted by atomic mass is 14.3. The predicted octanol–water partition coefficient (Wildman–Crippen LogP) is 18.1. The second-order valence-corrected chi connectivity index (χ2v) is 19.2. The Labute approximate surface area is 405 Å². The van der Waals surface area contributed by atoms with Gasteiger partial charge in [-0.05, 0) is 177 Å². The van der Waals surface area contributed by atoms with Gasteiger partial charge in [0.05, 0.1) is 0 Å². The topological polar surface area (TPSA) is 0 Å². The van der Waals surface area contributed by atoms with Gasteiger partial charge in [0.1, 0.15) is 0 Å². The zero-order chi connectivity index (χ0) is 45.9. The summed E-state index contributed by atoms with van der Waals surface area (Å²) in [7, 11) is 0. The van der Waals surface area contributed by atoms with Gasteiger partial charge >= 0.3 is 0 Å². The van der Waals surface area contributed by atoms with Gasteiger partial charge in [0.25, 0.3) is 0 Å². The Hall–Kier alpha value is -8.84. The summed E-state index contributed by atoms with van der Waals surface area (Å²) in [4.78, 5) is 0. The molecule has 0 saturated heterocycles. The number of hydrogen-bond donors (Lipinski definition) is 0. The van der Waals surface area contributed by atoms with Crippen LogP contribution in [0.4, 0.5) is 0 Å². The molecule has 0 heteroatoms. The van der Waals surface area contributed by atoms with Gasteiger partial charge in [0.15, 0.2) is 0 Å². The largest absolute Gasteiger partial charge is 0.0842 e. The molecule has 15 rings (SSSR count). The first-order chi connectivity index (χ1) is 34.8. The molecule has 0 nitrogen and oxygen atoms in total. The van der Waals surface area contributed by atoms with E-state index in [0.717, 1.165) is 12.8 Å². The van der Waals surface area contributed by atoms with Gasteiger partial charge in [-0.2, -0.15) is 0 Å². The molecule has 3 aliphatic carbocycles. The molecule has 0 amide bonds. The van der Waals surface area contributed by atoms with Gasteiger partial charge in [0, 0.05) is 0 Å². The van der Waals surface area contributed by atoms with E-state index in [1.165, 1.54) is 152 Å². The highest BCUT2D eigenvalue weighted by Gasteiger charge is 2.26. The minimum Gasteiger partial charge on any atom is -0.0842 e. The first-order valence-corrected chi connectivity index (χ1v) is 24.7. The maximum atomic E-state index is 2.49. The average molecular weight is 885 g/mol. The summed E-state index contributed by atoms with van der Waals surface area (Å²) in [5, 5.41) is 20.8. The van der Waals surface area contributed by atoms with E-state index in [2.05, 4.69) is 243 Å². The summed E-state index contributed by atoms with van der Waals surface area (Å²) in [5.41, 5.74) is 15.4. The fourth-order valence-electron chi connectivity index (χ4n) is 12.8. The number of hydrogen-bond acceptors (Lipinski definition) is 0. The van der Waals surface area contributed by atoms with Crippen LogP contribution >= 0.6 is 0 Å². The normalized spacial score (nSPS) is 13.1.